The lowest BCUT2D eigenvalue weighted by Gasteiger charge is -2.04. The quantitative estimate of drug-likeness (QED) is 0.727. The van der Waals surface area contributed by atoms with E-state index >= 15 is 0 Å². The van der Waals surface area contributed by atoms with Gasteiger partial charge < -0.3 is 5.32 Å². The molecule has 116 valence electrons. The molecule has 0 aliphatic heterocycles. The maximum atomic E-state index is 12.0. The van der Waals surface area contributed by atoms with E-state index in [-0.39, 0.29) is 5.91 Å². The number of fused-ring (bicyclic) bond motifs is 1. The summed E-state index contributed by atoms with van der Waals surface area (Å²) in [6.07, 6.45) is 4.92. The summed E-state index contributed by atoms with van der Waals surface area (Å²) in [7, 11) is 0. The van der Waals surface area contributed by atoms with Crippen LogP contribution in [0.2, 0.25) is 10.2 Å². The molecule has 0 fully saturated rings. The smallest absolute Gasteiger partial charge is 0.244 e. The molecule has 0 spiro atoms. The van der Waals surface area contributed by atoms with E-state index in [1.807, 2.05) is 47.0 Å². The molecule has 6 heteroatoms. The average Bonchev–Trinajstić information content (AvgIpc) is 2.87. The van der Waals surface area contributed by atoms with Crippen LogP contribution in [0.1, 0.15) is 11.3 Å². The fourth-order valence-electron chi connectivity index (χ4n) is 2.17. The second kappa shape index (κ2) is 6.86. The second-order valence-corrected chi connectivity index (χ2v) is 5.62. The van der Waals surface area contributed by atoms with E-state index in [1.165, 1.54) is 6.08 Å². The van der Waals surface area contributed by atoms with E-state index < -0.39 is 0 Å². The number of pyridine rings is 1. The van der Waals surface area contributed by atoms with E-state index in [0.29, 0.717) is 22.4 Å². The van der Waals surface area contributed by atoms with Gasteiger partial charge in [-0.2, -0.15) is 0 Å². The first-order valence-corrected chi connectivity index (χ1v) is 7.72. The summed E-state index contributed by atoms with van der Waals surface area (Å²) in [6.45, 7) is 0.365. The van der Waals surface area contributed by atoms with Crippen LogP contribution in [-0.2, 0) is 11.3 Å². The van der Waals surface area contributed by atoms with Gasteiger partial charge in [0.05, 0.1) is 5.69 Å². The highest BCUT2D eigenvalue weighted by Gasteiger charge is 2.07. The predicted molar refractivity (Wildman–Crippen MR) is 92.5 cm³/mol. The number of nitrogens with one attached hydrogen (secondary N) is 1. The number of nitrogens with zero attached hydrogens (tertiary/aromatic N) is 2. The van der Waals surface area contributed by atoms with Gasteiger partial charge in [0, 0.05) is 23.8 Å². The number of hydrogen-bond donors (Lipinski definition) is 1. The second-order valence-electron chi connectivity index (χ2n) is 4.86. The van der Waals surface area contributed by atoms with Crippen molar-refractivity contribution in [2.75, 3.05) is 0 Å². The van der Waals surface area contributed by atoms with Crippen LogP contribution in [0.25, 0.3) is 11.7 Å². The zero-order chi connectivity index (χ0) is 16.2. The number of hydrogen-bond acceptors (Lipinski definition) is 2. The van der Waals surface area contributed by atoms with Gasteiger partial charge in [-0.3, -0.25) is 9.20 Å². The Hall–Kier alpha value is -2.30. The van der Waals surface area contributed by atoms with Gasteiger partial charge in [-0.05, 0) is 29.8 Å². The first-order valence-electron chi connectivity index (χ1n) is 6.97. The Morgan fingerprint density at radius 1 is 1.17 bits per heavy atom. The van der Waals surface area contributed by atoms with Crippen LogP contribution in [0.3, 0.4) is 0 Å². The molecular formula is C17H13Cl2N3O. The van der Waals surface area contributed by atoms with Gasteiger partial charge in [0.25, 0.3) is 0 Å². The molecule has 1 amide bonds. The van der Waals surface area contributed by atoms with Gasteiger partial charge in [-0.15, -0.1) is 0 Å². The lowest BCUT2D eigenvalue weighted by molar-refractivity contribution is -0.116. The zero-order valence-electron chi connectivity index (χ0n) is 12.0. The Balaban J connectivity index is 1.71. The molecule has 3 aromatic rings. The Labute approximate surface area is 143 Å². The van der Waals surface area contributed by atoms with Crippen LogP contribution in [0.15, 0.2) is 54.7 Å². The van der Waals surface area contributed by atoms with Crippen molar-refractivity contribution in [2.45, 2.75) is 6.54 Å². The van der Waals surface area contributed by atoms with Crippen LogP contribution in [0, 0.1) is 0 Å². The summed E-state index contributed by atoms with van der Waals surface area (Å²) in [6, 6.07) is 13.0. The molecule has 0 saturated heterocycles. The van der Waals surface area contributed by atoms with E-state index in [4.69, 9.17) is 23.2 Å². The SMILES string of the molecule is O=C(/C=C/c1c(Cl)nc2ccccn12)NCc1ccccc1Cl. The van der Waals surface area contributed by atoms with E-state index in [2.05, 4.69) is 10.3 Å². The molecule has 1 N–H and O–H groups in total. The summed E-state index contributed by atoms with van der Waals surface area (Å²) in [5.74, 6) is -0.230. The Morgan fingerprint density at radius 2 is 1.96 bits per heavy atom. The molecule has 23 heavy (non-hydrogen) atoms. The van der Waals surface area contributed by atoms with Crippen LogP contribution in [0.4, 0.5) is 0 Å². The van der Waals surface area contributed by atoms with Crippen molar-refractivity contribution in [3.8, 4) is 0 Å². The number of carbonyl (C=O) groups is 1. The highest BCUT2D eigenvalue weighted by atomic mass is 35.5. The first-order chi connectivity index (χ1) is 11.1. The van der Waals surface area contributed by atoms with Crippen molar-refractivity contribution in [1.29, 1.82) is 0 Å². The maximum absolute atomic E-state index is 12.0. The third-order valence-corrected chi connectivity index (χ3v) is 3.97. The fourth-order valence-corrected chi connectivity index (χ4v) is 2.62. The van der Waals surface area contributed by atoms with E-state index in [0.717, 1.165) is 11.2 Å². The molecule has 0 saturated carbocycles. The van der Waals surface area contributed by atoms with Gasteiger partial charge in [-0.25, -0.2) is 4.98 Å². The molecule has 1 aromatic carbocycles. The molecule has 0 aliphatic rings. The van der Waals surface area contributed by atoms with E-state index in [1.54, 1.807) is 12.1 Å². The molecule has 0 unspecified atom stereocenters. The van der Waals surface area contributed by atoms with Gasteiger partial charge in [0.1, 0.15) is 5.65 Å². The average molecular weight is 346 g/mol. The summed E-state index contributed by atoms with van der Waals surface area (Å²) in [5, 5.41) is 3.77. The number of amides is 1. The van der Waals surface area contributed by atoms with Crippen molar-refractivity contribution in [3.63, 3.8) is 0 Å². The Bertz CT molecular complexity index is 886. The minimum absolute atomic E-state index is 0.230. The standard InChI is InChI=1S/C17H13Cl2N3O/c18-13-6-2-1-5-12(13)11-20-16(23)9-8-14-17(19)21-15-7-3-4-10-22(14)15/h1-10H,11H2,(H,20,23)/b9-8+. The first kappa shape index (κ1) is 15.6. The van der Waals surface area contributed by atoms with Crippen molar-refractivity contribution < 1.29 is 4.79 Å². The molecule has 0 atom stereocenters. The number of benzene rings is 1. The lowest BCUT2D eigenvalue weighted by atomic mass is 10.2. The fraction of sp³-hybridized carbons (Fsp3) is 0.0588. The molecule has 4 nitrogen and oxygen atoms in total. The van der Waals surface area contributed by atoms with Crippen molar-refractivity contribution in [2.24, 2.45) is 0 Å². The third-order valence-electron chi connectivity index (χ3n) is 3.33. The molecule has 3 rings (SSSR count). The van der Waals surface area contributed by atoms with E-state index in [9.17, 15) is 4.79 Å². The molecule has 0 radical (unpaired) electrons. The van der Waals surface area contributed by atoms with Gasteiger partial charge in [-0.1, -0.05) is 47.5 Å². The molecule has 0 bridgehead atoms. The lowest BCUT2D eigenvalue weighted by Crippen LogP contribution is -2.20. The van der Waals surface area contributed by atoms with Crippen molar-refractivity contribution in [3.05, 3.63) is 76.2 Å². The maximum Gasteiger partial charge on any atom is 0.244 e. The minimum Gasteiger partial charge on any atom is -0.348 e. The molecule has 0 aliphatic carbocycles. The topological polar surface area (TPSA) is 46.4 Å². The van der Waals surface area contributed by atoms with Gasteiger partial charge in [0.2, 0.25) is 5.91 Å². The van der Waals surface area contributed by atoms with Crippen molar-refractivity contribution in [1.82, 2.24) is 14.7 Å². The molecular weight excluding hydrogens is 333 g/mol. The van der Waals surface area contributed by atoms with Crippen LogP contribution < -0.4 is 5.32 Å². The third kappa shape index (κ3) is 3.55. The van der Waals surface area contributed by atoms with Gasteiger partial charge >= 0.3 is 0 Å². The summed E-state index contributed by atoms with van der Waals surface area (Å²) >= 11 is 12.2. The predicted octanol–water partition coefficient (Wildman–Crippen LogP) is 3.97. The molecule has 2 heterocycles. The minimum atomic E-state index is -0.230. The van der Waals surface area contributed by atoms with Gasteiger partial charge in [0.15, 0.2) is 5.15 Å². The Kier molecular flexibility index (Phi) is 4.65. The number of imidazole rings is 1. The highest BCUT2D eigenvalue weighted by Crippen LogP contribution is 2.19. The molecule has 2 aromatic heterocycles. The van der Waals surface area contributed by atoms with Crippen molar-refractivity contribution >= 4 is 40.8 Å². The Morgan fingerprint density at radius 3 is 2.78 bits per heavy atom. The zero-order valence-corrected chi connectivity index (χ0v) is 13.6. The largest absolute Gasteiger partial charge is 0.348 e. The normalized spacial score (nSPS) is 11.2. The summed E-state index contributed by atoms with van der Waals surface area (Å²) in [5.41, 5.74) is 2.26. The summed E-state index contributed by atoms with van der Waals surface area (Å²) < 4.78 is 1.82. The van der Waals surface area contributed by atoms with Crippen LogP contribution >= 0.6 is 23.2 Å². The monoisotopic (exact) mass is 345 g/mol. The summed E-state index contributed by atoms with van der Waals surface area (Å²) in [4.78, 5) is 16.2. The number of aromatic nitrogens is 2. The number of halogens is 2. The highest BCUT2D eigenvalue weighted by molar-refractivity contribution is 6.31. The number of rotatable bonds is 4. The number of carbonyl (C=O) groups excluding carboxylic acids is 1. The van der Waals surface area contributed by atoms with Crippen LogP contribution in [-0.4, -0.2) is 15.3 Å². The van der Waals surface area contributed by atoms with Crippen LogP contribution in [0.5, 0.6) is 0 Å².